The minimum atomic E-state index is -0.234. The summed E-state index contributed by atoms with van der Waals surface area (Å²) in [5.41, 5.74) is 3.33. The summed E-state index contributed by atoms with van der Waals surface area (Å²) in [4.78, 5) is 22.2. The van der Waals surface area contributed by atoms with E-state index >= 15 is 0 Å². The summed E-state index contributed by atoms with van der Waals surface area (Å²) in [5, 5.41) is 3.43. The number of aromatic nitrogens is 2. The molecule has 0 saturated heterocycles. The Balaban J connectivity index is 1.72. The first-order valence-corrected chi connectivity index (χ1v) is 9.48. The van der Waals surface area contributed by atoms with E-state index in [4.69, 9.17) is 9.72 Å². The lowest BCUT2D eigenvalue weighted by Gasteiger charge is -2.04. The molecule has 4 rings (SSSR count). The molecule has 1 amide bonds. The number of carbonyl (C=O) groups is 1. The summed E-state index contributed by atoms with van der Waals surface area (Å²) >= 11 is 1.44. The van der Waals surface area contributed by atoms with Crippen molar-refractivity contribution >= 4 is 22.4 Å². The van der Waals surface area contributed by atoms with Crippen molar-refractivity contribution in [1.82, 2.24) is 9.97 Å². The van der Waals surface area contributed by atoms with Crippen LogP contribution in [0.15, 0.2) is 79.1 Å². The number of anilines is 1. The van der Waals surface area contributed by atoms with Crippen LogP contribution < -0.4 is 10.1 Å². The van der Waals surface area contributed by atoms with Crippen molar-refractivity contribution in [1.29, 1.82) is 0 Å². The Morgan fingerprint density at radius 2 is 1.75 bits per heavy atom. The van der Waals surface area contributed by atoms with E-state index in [2.05, 4.69) is 10.3 Å². The standard InChI is InChI=1S/C22H17N3O2S/c1-27-18-11-9-16(10-12-18)20-19(15-6-3-2-4-7-15)24-22(28-20)25-21(26)17-8-5-13-23-14-17/h2-14H,1H3,(H,24,25,26). The Morgan fingerprint density at radius 1 is 0.964 bits per heavy atom. The normalized spacial score (nSPS) is 10.5. The summed E-state index contributed by atoms with van der Waals surface area (Å²) in [6, 6.07) is 21.2. The molecular formula is C22H17N3O2S. The monoisotopic (exact) mass is 387 g/mol. The highest BCUT2D eigenvalue weighted by Crippen LogP contribution is 2.39. The van der Waals surface area contributed by atoms with E-state index < -0.39 is 0 Å². The number of carbonyl (C=O) groups excluding carboxylic acids is 1. The number of hydrogen-bond donors (Lipinski definition) is 1. The highest BCUT2D eigenvalue weighted by atomic mass is 32.1. The number of methoxy groups -OCH3 is 1. The molecule has 0 unspecified atom stereocenters. The number of rotatable bonds is 5. The molecule has 0 bridgehead atoms. The van der Waals surface area contributed by atoms with Crippen LogP contribution in [0.3, 0.4) is 0 Å². The van der Waals surface area contributed by atoms with Gasteiger partial charge in [-0.05, 0) is 42.0 Å². The van der Waals surface area contributed by atoms with Crippen LogP contribution in [0.1, 0.15) is 10.4 Å². The number of pyridine rings is 1. The maximum atomic E-state index is 12.5. The van der Waals surface area contributed by atoms with E-state index in [1.54, 1.807) is 25.4 Å². The minimum absolute atomic E-state index is 0.234. The first-order chi connectivity index (χ1) is 13.7. The lowest BCUT2D eigenvalue weighted by Crippen LogP contribution is -2.11. The summed E-state index contributed by atoms with van der Waals surface area (Å²) < 4.78 is 5.25. The number of nitrogens with zero attached hydrogens (tertiary/aromatic N) is 2. The van der Waals surface area contributed by atoms with Gasteiger partial charge in [0, 0.05) is 18.0 Å². The molecule has 2 aromatic carbocycles. The molecule has 28 heavy (non-hydrogen) atoms. The third-order valence-electron chi connectivity index (χ3n) is 4.17. The predicted molar refractivity (Wildman–Crippen MR) is 112 cm³/mol. The summed E-state index contributed by atoms with van der Waals surface area (Å²) in [6.45, 7) is 0. The Bertz CT molecular complexity index is 1080. The Kier molecular flexibility index (Phi) is 5.12. The van der Waals surface area contributed by atoms with Gasteiger partial charge in [0.2, 0.25) is 0 Å². The van der Waals surface area contributed by atoms with Crippen LogP contribution in [-0.2, 0) is 0 Å². The van der Waals surface area contributed by atoms with E-state index in [-0.39, 0.29) is 5.91 Å². The van der Waals surface area contributed by atoms with Gasteiger partial charge in [-0.2, -0.15) is 0 Å². The first-order valence-electron chi connectivity index (χ1n) is 8.66. The van der Waals surface area contributed by atoms with Crippen molar-refractivity contribution in [3.8, 4) is 27.4 Å². The van der Waals surface area contributed by atoms with Crippen LogP contribution in [0.25, 0.3) is 21.7 Å². The third kappa shape index (κ3) is 3.77. The molecule has 6 heteroatoms. The number of hydrogen-bond acceptors (Lipinski definition) is 5. The minimum Gasteiger partial charge on any atom is -0.497 e. The van der Waals surface area contributed by atoms with Gasteiger partial charge in [-0.25, -0.2) is 4.98 Å². The zero-order valence-electron chi connectivity index (χ0n) is 15.1. The van der Waals surface area contributed by atoms with Crippen molar-refractivity contribution in [2.45, 2.75) is 0 Å². The predicted octanol–water partition coefficient (Wildman–Crippen LogP) is 5.13. The molecule has 1 N–H and O–H groups in total. The van der Waals surface area contributed by atoms with Gasteiger partial charge in [0.1, 0.15) is 5.75 Å². The molecule has 2 heterocycles. The Hall–Kier alpha value is -3.51. The quantitative estimate of drug-likeness (QED) is 0.515. The zero-order valence-corrected chi connectivity index (χ0v) is 15.9. The van der Waals surface area contributed by atoms with Crippen molar-refractivity contribution in [2.24, 2.45) is 0 Å². The lowest BCUT2D eigenvalue weighted by atomic mass is 10.1. The van der Waals surface area contributed by atoms with Crippen LogP contribution in [0.2, 0.25) is 0 Å². The molecule has 0 atom stereocenters. The second-order valence-electron chi connectivity index (χ2n) is 5.99. The van der Waals surface area contributed by atoms with Gasteiger partial charge in [0.05, 0.1) is 23.2 Å². The molecular weight excluding hydrogens is 370 g/mol. The Morgan fingerprint density at radius 3 is 2.43 bits per heavy atom. The molecule has 0 aliphatic carbocycles. The van der Waals surface area contributed by atoms with E-state index in [0.717, 1.165) is 27.4 Å². The lowest BCUT2D eigenvalue weighted by molar-refractivity contribution is 0.102. The molecule has 4 aromatic rings. The molecule has 0 aliphatic heterocycles. The summed E-state index contributed by atoms with van der Waals surface area (Å²) in [7, 11) is 1.64. The number of nitrogens with one attached hydrogen (secondary N) is 1. The van der Waals surface area contributed by atoms with Crippen LogP contribution in [0.4, 0.5) is 5.13 Å². The smallest absolute Gasteiger partial charge is 0.259 e. The number of ether oxygens (including phenoxy) is 1. The van der Waals surface area contributed by atoms with Gasteiger partial charge in [-0.1, -0.05) is 41.7 Å². The number of benzene rings is 2. The van der Waals surface area contributed by atoms with Crippen molar-refractivity contribution < 1.29 is 9.53 Å². The number of amides is 1. The van der Waals surface area contributed by atoms with Gasteiger partial charge < -0.3 is 4.74 Å². The zero-order chi connectivity index (χ0) is 19.3. The van der Waals surface area contributed by atoms with Gasteiger partial charge in [0.15, 0.2) is 5.13 Å². The molecule has 0 fully saturated rings. The van der Waals surface area contributed by atoms with Crippen molar-refractivity contribution in [3.63, 3.8) is 0 Å². The van der Waals surface area contributed by atoms with E-state index in [1.807, 2.05) is 54.6 Å². The molecule has 0 saturated carbocycles. The van der Waals surface area contributed by atoms with E-state index in [1.165, 1.54) is 17.5 Å². The van der Waals surface area contributed by atoms with Crippen LogP contribution in [-0.4, -0.2) is 23.0 Å². The van der Waals surface area contributed by atoms with Crippen molar-refractivity contribution in [3.05, 3.63) is 84.7 Å². The first kappa shape index (κ1) is 17.9. The highest BCUT2D eigenvalue weighted by molar-refractivity contribution is 7.19. The fraction of sp³-hybridized carbons (Fsp3) is 0.0455. The third-order valence-corrected chi connectivity index (χ3v) is 5.19. The van der Waals surface area contributed by atoms with E-state index in [9.17, 15) is 4.79 Å². The fourth-order valence-electron chi connectivity index (χ4n) is 2.77. The average molecular weight is 387 g/mol. The largest absolute Gasteiger partial charge is 0.497 e. The number of thiazole rings is 1. The van der Waals surface area contributed by atoms with E-state index in [0.29, 0.717) is 10.7 Å². The molecule has 2 aromatic heterocycles. The van der Waals surface area contributed by atoms with Crippen LogP contribution in [0, 0.1) is 0 Å². The summed E-state index contributed by atoms with van der Waals surface area (Å²) in [5.74, 6) is 0.558. The molecule has 0 aliphatic rings. The van der Waals surface area contributed by atoms with Crippen molar-refractivity contribution in [2.75, 3.05) is 12.4 Å². The highest BCUT2D eigenvalue weighted by Gasteiger charge is 2.17. The SMILES string of the molecule is COc1ccc(-c2sc(NC(=O)c3cccnc3)nc2-c2ccccc2)cc1. The topological polar surface area (TPSA) is 64.1 Å². The average Bonchev–Trinajstić information content (AvgIpc) is 3.19. The van der Waals surface area contributed by atoms with Crippen LogP contribution in [0.5, 0.6) is 5.75 Å². The van der Waals surface area contributed by atoms with Gasteiger partial charge in [0.25, 0.3) is 5.91 Å². The molecule has 0 radical (unpaired) electrons. The maximum absolute atomic E-state index is 12.5. The fourth-order valence-corrected chi connectivity index (χ4v) is 3.76. The van der Waals surface area contributed by atoms with Gasteiger partial charge >= 0.3 is 0 Å². The second-order valence-corrected chi connectivity index (χ2v) is 6.99. The van der Waals surface area contributed by atoms with Gasteiger partial charge in [-0.3, -0.25) is 15.1 Å². The van der Waals surface area contributed by atoms with Gasteiger partial charge in [-0.15, -0.1) is 0 Å². The molecule has 0 spiro atoms. The maximum Gasteiger partial charge on any atom is 0.259 e. The molecule has 138 valence electrons. The van der Waals surface area contributed by atoms with Crippen LogP contribution >= 0.6 is 11.3 Å². The summed E-state index contributed by atoms with van der Waals surface area (Å²) in [6.07, 6.45) is 3.17. The second kappa shape index (κ2) is 8.02. The Labute approximate surface area is 166 Å². The molecule has 5 nitrogen and oxygen atoms in total.